The van der Waals surface area contributed by atoms with Crippen LogP contribution in [-0.2, 0) is 9.53 Å². The zero-order valence-electron chi connectivity index (χ0n) is 7.19. The van der Waals surface area contributed by atoms with E-state index in [1.54, 1.807) is 13.0 Å². The number of hydrogen-bond acceptors (Lipinski definition) is 2. The van der Waals surface area contributed by atoms with E-state index in [0.717, 1.165) is 0 Å². The summed E-state index contributed by atoms with van der Waals surface area (Å²) < 4.78 is 5.16. The van der Waals surface area contributed by atoms with Crippen molar-refractivity contribution >= 4 is 21.9 Å². The molecule has 0 radical (unpaired) electrons. The van der Waals surface area contributed by atoms with Crippen molar-refractivity contribution in [1.82, 2.24) is 0 Å². The molecule has 0 aromatic carbocycles. The fraction of sp³-hybridized carbons (Fsp3) is 0.222. The molecule has 66 valence electrons. The molecule has 12 heavy (non-hydrogen) atoms. The predicted octanol–water partition coefficient (Wildman–Crippen LogP) is 2.57. The van der Waals surface area contributed by atoms with Gasteiger partial charge in [0.1, 0.15) is 0 Å². The number of halogens is 1. The molecule has 0 aromatic heterocycles. The van der Waals surface area contributed by atoms with Crippen molar-refractivity contribution < 1.29 is 9.53 Å². The molecular formula is C9H11BrO2. The van der Waals surface area contributed by atoms with Crippen LogP contribution < -0.4 is 0 Å². The van der Waals surface area contributed by atoms with Crippen LogP contribution in [0, 0.1) is 0 Å². The minimum atomic E-state index is -0.400. The lowest BCUT2D eigenvalue weighted by molar-refractivity contribution is -0.135. The molecule has 0 aliphatic rings. The molecule has 0 amide bonds. The van der Waals surface area contributed by atoms with Gasteiger partial charge in [-0.25, -0.2) is 4.79 Å². The van der Waals surface area contributed by atoms with E-state index in [-0.39, 0.29) is 0 Å². The Balaban J connectivity index is 4.79. The highest BCUT2D eigenvalue weighted by molar-refractivity contribution is 9.11. The maximum absolute atomic E-state index is 11.1. The van der Waals surface area contributed by atoms with Gasteiger partial charge < -0.3 is 4.74 Å². The maximum atomic E-state index is 11.1. The number of allylic oxidation sites excluding steroid dienone is 2. The molecular weight excluding hydrogens is 220 g/mol. The van der Waals surface area contributed by atoms with Crippen LogP contribution in [0.2, 0.25) is 0 Å². The summed E-state index contributed by atoms with van der Waals surface area (Å²) in [5.41, 5.74) is 1.09. The molecule has 0 unspecified atom stereocenters. The van der Waals surface area contributed by atoms with Gasteiger partial charge in [-0.05, 0) is 18.6 Å². The minimum Gasteiger partial charge on any atom is -0.465 e. The quantitative estimate of drug-likeness (QED) is 0.424. The molecule has 2 nitrogen and oxygen atoms in total. The third-order valence-corrected chi connectivity index (χ3v) is 1.39. The van der Waals surface area contributed by atoms with E-state index in [0.29, 0.717) is 15.6 Å². The third kappa shape index (κ3) is 3.53. The van der Waals surface area contributed by atoms with Crippen molar-refractivity contribution in [3.63, 3.8) is 0 Å². The second-order valence-electron chi connectivity index (χ2n) is 2.28. The Labute approximate surface area is 80.7 Å². The van der Waals surface area contributed by atoms with Gasteiger partial charge in [0.15, 0.2) is 0 Å². The summed E-state index contributed by atoms with van der Waals surface area (Å²) >= 11 is 3.12. The van der Waals surface area contributed by atoms with Gasteiger partial charge in [0, 0.05) is 4.48 Å². The van der Waals surface area contributed by atoms with Crippen molar-refractivity contribution in [1.29, 1.82) is 0 Å². The largest absolute Gasteiger partial charge is 0.465 e. The van der Waals surface area contributed by atoms with Crippen molar-refractivity contribution in [2.24, 2.45) is 0 Å². The lowest BCUT2D eigenvalue weighted by Crippen LogP contribution is -2.05. The Morgan fingerprint density at radius 3 is 2.25 bits per heavy atom. The Kier molecular flexibility index (Phi) is 4.59. The second kappa shape index (κ2) is 4.93. The Morgan fingerprint density at radius 1 is 1.50 bits per heavy atom. The van der Waals surface area contributed by atoms with E-state index < -0.39 is 5.97 Å². The van der Waals surface area contributed by atoms with Gasteiger partial charge in [0.25, 0.3) is 0 Å². The van der Waals surface area contributed by atoms with E-state index in [9.17, 15) is 4.79 Å². The highest BCUT2D eigenvalue weighted by Crippen LogP contribution is 2.14. The van der Waals surface area contributed by atoms with E-state index in [1.807, 2.05) is 0 Å². The molecule has 0 N–H and O–H groups in total. The van der Waals surface area contributed by atoms with E-state index in [4.69, 9.17) is 0 Å². The summed E-state index contributed by atoms with van der Waals surface area (Å²) in [5, 5.41) is 0. The van der Waals surface area contributed by atoms with Crippen LogP contribution in [0.25, 0.3) is 0 Å². The third-order valence-electron chi connectivity index (χ3n) is 1.17. The fourth-order valence-electron chi connectivity index (χ4n) is 0.623. The summed E-state index contributed by atoms with van der Waals surface area (Å²) in [6, 6.07) is 0. The Bertz CT molecular complexity index is 251. The zero-order chi connectivity index (χ0) is 9.72. The monoisotopic (exact) mass is 230 g/mol. The van der Waals surface area contributed by atoms with E-state index in [2.05, 4.69) is 33.8 Å². The van der Waals surface area contributed by atoms with Crippen LogP contribution in [0.5, 0.6) is 0 Å². The number of carbonyl (C=O) groups is 1. The predicted molar refractivity (Wildman–Crippen MR) is 53.0 cm³/mol. The molecule has 0 aliphatic carbocycles. The summed E-state index contributed by atoms with van der Waals surface area (Å²) in [4.78, 5) is 11.1. The topological polar surface area (TPSA) is 26.3 Å². The van der Waals surface area contributed by atoms with Gasteiger partial charge in [0.05, 0.1) is 12.7 Å². The highest BCUT2D eigenvalue weighted by atomic mass is 79.9. The fourth-order valence-corrected chi connectivity index (χ4v) is 0.852. The van der Waals surface area contributed by atoms with Gasteiger partial charge >= 0.3 is 5.97 Å². The first-order valence-corrected chi connectivity index (χ1v) is 4.08. The molecule has 3 heteroatoms. The van der Waals surface area contributed by atoms with Gasteiger partial charge in [-0.1, -0.05) is 29.1 Å². The number of methoxy groups -OCH3 is 1. The van der Waals surface area contributed by atoms with E-state index in [1.165, 1.54) is 7.11 Å². The number of hydrogen-bond donors (Lipinski definition) is 0. The van der Waals surface area contributed by atoms with Crippen LogP contribution in [-0.4, -0.2) is 13.1 Å². The van der Waals surface area contributed by atoms with Gasteiger partial charge in [-0.3, -0.25) is 0 Å². The zero-order valence-corrected chi connectivity index (χ0v) is 8.77. The molecule has 0 aromatic rings. The van der Waals surface area contributed by atoms with Gasteiger partial charge in [-0.15, -0.1) is 0 Å². The average Bonchev–Trinajstić information content (AvgIpc) is 1.98. The van der Waals surface area contributed by atoms with Crippen LogP contribution in [0.1, 0.15) is 6.92 Å². The average molecular weight is 231 g/mol. The number of ether oxygens (including phenoxy) is 1. The molecule has 0 heterocycles. The summed E-state index contributed by atoms with van der Waals surface area (Å²) in [5.74, 6) is -0.400. The van der Waals surface area contributed by atoms with Gasteiger partial charge in [0.2, 0.25) is 0 Å². The molecule has 0 saturated heterocycles. The first-order valence-electron chi connectivity index (χ1n) is 3.29. The first-order chi connectivity index (χ1) is 5.49. The Hall–Kier alpha value is -0.830. The van der Waals surface area contributed by atoms with Crippen molar-refractivity contribution in [3.05, 3.63) is 34.9 Å². The van der Waals surface area contributed by atoms with Crippen molar-refractivity contribution in [3.8, 4) is 0 Å². The number of carbonyl (C=O) groups excluding carboxylic acids is 1. The standard InChI is InChI=1S/C9H11BrO2/c1-6(2)8(5-7(3)10)9(11)12-4/h5H,1,3H2,2,4H3/b8-5+. The first kappa shape index (κ1) is 11.2. The highest BCUT2D eigenvalue weighted by Gasteiger charge is 2.09. The van der Waals surface area contributed by atoms with Crippen LogP contribution in [0.15, 0.2) is 34.9 Å². The molecule has 0 rings (SSSR count). The molecule has 0 spiro atoms. The summed E-state index contributed by atoms with van der Waals surface area (Å²) in [7, 11) is 1.33. The van der Waals surface area contributed by atoms with Crippen LogP contribution in [0.3, 0.4) is 0 Å². The molecule has 0 atom stereocenters. The van der Waals surface area contributed by atoms with Crippen LogP contribution in [0.4, 0.5) is 0 Å². The van der Waals surface area contributed by atoms with Gasteiger partial charge in [-0.2, -0.15) is 0 Å². The van der Waals surface area contributed by atoms with Crippen LogP contribution >= 0.6 is 15.9 Å². The number of esters is 1. The summed E-state index contributed by atoms with van der Waals surface area (Å²) in [6.45, 7) is 8.97. The molecule has 0 bridgehead atoms. The summed E-state index contributed by atoms with van der Waals surface area (Å²) in [6.07, 6.45) is 1.58. The van der Waals surface area contributed by atoms with E-state index >= 15 is 0 Å². The normalized spacial score (nSPS) is 10.8. The Morgan fingerprint density at radius 2 is 2.00 bits per heavy atom. The maximum Gasteiger partial charge on any atom is 0.338 e. The molecule has 0 saturated carbocycles. The minimum absolute atomic E-state index is 0.400. The lowest BCUT2D eigenvalue weighted by Gasteiger charge is -2.03. The second-order valence-corrected chi connectivity index (χ2v) is 3.30. The van der Waals surface area contributed by atoms with Crippen molar-refractivity contribution in [2.75, 3.05) is 7.11 Å². The molecule has 0 fully saturated rings. The number of rotatable bonds is 3. The van der Waals surface area contributed by atoms with Crippen molar-refractivity contribution in [2.45, 2.75) is 6.92 Å². The SMILES string of the molecule is C=C(Br)/C=C(\C(=C)C)C(=O)OC. The lowest BCUT2D eigenvalue weighted by atomic mass is 10.1. The molecule has 0 aliphatic heterocycles. The smallest absolute Gasteiger partial charge is 0.338 e.